The third kappa shape index (κ3) is 4.23. The first-order valence-corrected chi connectivity index (χ1v) is 7.09. The Morgan fingerprint density at radius 2 is 2.06 bits per heavy atom. The van der Waals surface area contributed by atoms with E-state index in [1.54, 1.807) is 0 Å². The van der Waals surface area contributed by atoms with Crippen molar-refractivity contribution in [2.24, 2.45) is 11.8 Å². The number of nitrogens with one attached hydrogen (secondary N) is 1. The topological polar surface area (TPSA) is 35.5 Å². The predicted molar refractivity (Wildman–Crippen MR) is 71.0 cm³/mol. The van der Waals surface area contributed by atoms with E-state index in [0.717, 1.165) is 24.8 Å². The highest BCUT2D eigenvalue weighted by atomic mass is 16.3. The molecular weight excluding hydrogens is 212 g/mol. The maximum atomic E-state index is 9.53. The molecule has 0 aromatic heterocycles. The molecular formula is C14H28N2O. The average Bonchev–Trinajstić information content (AvgIpc) is 3.18. The van der Waals surface area contributed by atoms with Gasteiger partial charge in [-0.15, -0.1) is 0 Å². The Labute approximate surface area is 106 Å². The van der Waals surface area contributed by atoms with E-state index in [-0.39, 0.29) is 12.1 Å². The summed E-state index contributed by atoms with van der Waals surface area (Å²) >= 11 is 0. The summed E-state index contributed by atoms with van der Waals surface area (Å²) < 4.78 is 0. The number of aliphatic hydroxyl groups excluding tert-OH is 1. The Hall–Kier alpha value is -0.120. The Kier molecular flexibility index (Phi) is 4.11. The minimum absolute atomic E-state index is 0.0788. The fraction of sp³-hybridized carbons (Fsp3) is 1.00. The maximum Gasteiger partial charge on any atom is 0.0611 e. The van der Waals surface area contributed by atoms with Crippen molar-refractivity contribution in [3.05, 3.63) is 0 Å². The Bertz CT molecular complexity index is 255. The van der Waals surface area contributed by atoms with Crippen molar-refractivity contribution in [1.29, 1.82) is 0 Å². The van der Waals surface area contributed by atoms with E-state index in [4.69, 9.17) is 0 Å². The molecule has 0 radical (unpaired) electrons. The Morgan fingerprint density at radius 1 is 1.41 bits per heavy atom. The zero-order valence-electron chi connectivity index (χ0n) is 11.6. The van der Waals surface area contributed by atoms with E-state index in [1.165, 1.54) is 25.8 Å². The second-order valence-corrected chi connectivity index (χ2v) is 6.62. The molecule has 0 aromatic rings. The lowest BCUT2D eigenvalue weighted by Crippen LogP contribution is -2.48. The van der Waals surface area contributed by atoms with E-state index in [9.17, 15) is 5.11 Å². The van der Waals surface area contributed by atoms with E-state index in [0.29, 0.717) is 6.04 Å². The van der Waals surface area contributed by atoms with Crippen LogP contribution in [0.25, 0.3) is 0 Å². The summed E-state index contributed by atoms with van der Waals surface area (Å²) in [6.45, 7) is 7.05. The number of hydrogen-bond donors (Lipinski definition) is 2. The highest BCUT2D eigenvalue weighted by Gasteiger charge is 2.34. The molecule has 3 unspecified atom stereocenters. The van der Waals surface area contributed by atoms with E-state index in [1.807, 2.05) is 0 Å². The standard InChI is InChI=1S/C14H28N2O/c1-11-8-12(11)9-16(3)7-6-14(2,10-17)15-13-4-5-13/h11-13,15,17H,4-10H2,1-3H3. The molecule has 2 aliphatic carbocycles. The van der Waals surface area contributed by atoms with Crippen LogP contribution in [0.4, 0.5) is 0 Å². The van der Waals surface area contributed by atoms with Crippen molar-refractivity contribution >= 4 is 0 Å². The lowest BCUT2D eigenvalue weighted by molar-refractivity contribution is 0.148. The molecule has 17 heavy (non-hydrogen) atoms. The van der Waals surface area contributed by atoms with Crippen LogP contribution in [0.2, 0.25) is 0 Å². The van der Waals surface area contributed by atoms with Gasteiger partial charge in [-0.05, 0) is 58.0 Å². The van der Waals surface area contributed by atoms with Gasteiger partial charge in [0.1, 0.15) is 0 Å². The summed E-state index contributed by atoms with van der Waals surface area (Å²) in [5, 5.41) is 13.1. The summed E-state index contributed by atoms with van der Waals surface area (Å²) in [5.74, 6) is 1.86. The molecule has 2 fully saturated rings. The molecule has 2 aliphatic rings. The fourth-order valence-electron chi connectivity index (χ4n) is 2.50. The maximum absolute atomic E-state index is 9.53. The first-order chi connectivity index (χ1) is 8.02. The number of nitrogens with zero attached hydrogens (tertiary/aromatic N) is 1. The first-order valence-electron chi connectivity index (χ1n) is 7.09. The summed E-state index contributed by atoms with van der Waals surface area (Å²) in [7, 11) is 2.21. The van der Waals surface area contributed by atoms with Crippen LogP contribution in [-0.2, 0) is 0 Å². The van der Waals surface area contributed by atoms with Crippen molar-refractivity contribution in [3.63, 3.8) is 0 Å². The molecule has 3 heteroatoms. The van der Waals surface area contributed by atoms with Crippen LogP contribution in [0, 0.1) is 11.8 Å². The Balaban J connectivity index is 1.66. The molecule has 2 N–H and O–H groups in total. The van der Waals surface area contributed by atoms with Gasteiger partial charge < -0.3 is 15.3 Å². The SMILES string of the molecule is CC1CC1CN(C)CCC(C)(CO)NC1CC1. The molecule has 0 bridgehead atoms. The lowest BCUT2D eigenvalue weighted by Gasteiger charge is -2.31. The zero-order valence-corrected chi connectivity index (χ0v) is 11.6. The van der Waals surface area contributed by atoms with Crippen LogP contribution in [0.3, 0.4) is 0 Å². The van der Waals surface area contributed by atoms with Gasteiger partial charge in [0.05, 0.1) is 6.61 Å². The molecule has 0 heterocycles. The van der Waals surface area contributed by atoms with Gasteiger partial charge in [0.2, 0.25) is 0 Å². The molecule has 0 spiro atoms. The summed E-state index contributed by atoms with van der Waals surface area (Å²) in [5.41, 5.74) is -0.0788. The molecule has 0 aliphatic heterocycles. The molecule has 0 aromatic carbocycles. The normalized spacial score (nSPS) is 31.6. The highest BCUT2D eigenvalue weighted by Crippen LogP contribution is 2.38. The highest BCUT2D eigenvalue weighted by molar-refractivity contribution is 4.93. The predicted octanol–water partition coefficient (Wildman–Crippen LogP) is 1.47. The van der Waals surface area contributed by atoms with Gasteiger partial charge in [-0.2, -0.15) is 0 Å². The van der Waals surface area contributed by atoms with Gasteiger partial charge >= 0.3 is 0 Å². The summed E-state index contributed by atoms with van der Waals surface area (Å²) in [4.78, 5) is 2.43. The van der Waals surface area contributed by atoms with Gasteiger partial charge in [0.15, 0.2) is 0 Å². The average molecular weight is 240 g/mol. The molecule has 3 atom stereocenters. The van der Waals surface area contributed by atoms with E-state index >= 15 is 0 Å². The van der Waals surface area contributed by atoms with Gasteiger partial charge in [-0.3, -0.25) is 0 Å². The Morgan fingerprint density at radius 3 is 2.53 bits per heavy atom. The summed E-state index contributed by atoms with van der Waals surface area (Å²) in [6.07, 6.45) is 5.01. The third-order valence-corrected chi connectivity index (χ3v) is 4.35. The second kappa shape index (κ2) is 5.25. The number of hydrogen-bond acceptors (Lipinski definition) is 3. The fourth-order valence-corrected chi connectivity index (χ4v) is 2.50. The number of rotatable bonds is 8. The molecule has 2 saturated carbocycles. The van der Waals surface area contributed by atoms with Crippen LogP contribution in [0.15, 0.2) is 0 Å². The quantitative estimate of drug-likeness (QED) is 0.674. The lowest BCUT2D eigenvalue weighted by atomic mass is 9.98. The van der Waals surface area contributed by atoms with Crippen LogP contribution in [0.1, 0.15) is 39.5 Å². The van der Waals surface area contributed by atoms with E-state index < -0.39 is 0 Å². The van der Waals surface area contributed by atoms with Gasteiger partial charge in [0, 0.05) is 18.1 Å². The van der Waals surface area contributed by atoms with Crippen molar-refractivity contribution in [1.82, 2.24) is 10.2 Å². The second-order valence-electron chi connectivity index (χ2n) is 6.62. The van der Waals surface area contributed by atoms with Crippen LogP contribution in [0.5, 0.6) is 0 Å². The van der Waals surface area contributed by atoms with Gasteiger partial charge in [0.25, 0.3) is 0 Å². The molecule has 2 rings (SSSR count). The van der Waals surface area contributed by atoms with E-state index in [2.05, 4.69) is 31.1 Å². The largest absolute Gasteiger partial charge is 0.394 e. The smallest absolute Gasteiger partial charge is 0.0611 e. The van der Waals surface area contributed by atoms with Crippen molar-refractivity contribution in [2.75, 3.05) is 26.7 Å². The molecule has 3 nitrogen and oxygen atoms in total. The van der Waals surface area contributed by atoms with Crippen molar-refractivity contribution in [2.45, 2.75) is 51.1 Å². The number of aliphatic hydroxyl groups is 1. The minimum Gasteiger partial charge on any atom is -0.394 e. The van der Waals surface area contributed by atoms with Crippen LogP contribution < -0.4 is 5.32 Å². The van der Waals surface area contributed by atoms with Gasteiger partial charge in [-0.1, -0.05) is 6.92 Å². The first kappa shape index (κ1) is 13.3. The third-order valence-electron chi connectivity index (χ3n) is 4.35. The monoisotopic (exact) mass is 240 g/mol. The van der Waals surface area contributed by atoms with Gasteiger partial charge in [-0.25, -0.2) is 0 Å². The summed E-state index contributed by atoms with van der Waals surface area (Å²) in [6, 6.07) is 0.668. The minimum atomic E-state index is -0.0788. The molecule has 100 valence electrons. The van der Waals surface area contributed by atoms with Crippen molar-refractivity contribution < 1.29 is 5.11 Å². The van der Waals surface area contributed by atoms with Crippen LogP contribution in [-0.4, -0.2) is 48.3 Å². The van der Waals surface area contributed by atoms with Crippen LogP contribution >= 0.6 is 0 Å². The van der Waals surface area contributed by atoms with Crippen molar-refractivity contribution in [3.8, 4) is 0 Å². The molecule has 0 amide bonds. The molecule has 0 saturated heterocycles. The zero-order chi connectivity index (χ0) is 12.5.